The van der Waals surface area contributed by atoms with E-state index in [-0.39, 0.29) is 19.5 Å². The van der Waals surface area contributed by atoms with Gasteiger partial charge in [-0.2, -0.15) is 5.10 Å². The molecule has 2 rings (SSSR count). The van der Waals surface area contributed by atoms with Crippen LogP contribution in [-0.4, -0.2) is 55.6 Å². The molecule has 0 spiro atoms. The molecule has 2 atom stereocenters. The number of hydrogen-bond acceptors (Lipinski definition) is 4. The fraction of sp³-hybridized carbons (Fsp3) is 0.615. The first kappa shape index (κ1) is 15.3. The number of nitrogens with zero attached hydrogens (tertiary/aromatic N) is 3. The molecule has 2 heterocycles. The zero-order valence-corrected chi connectivity index (χ0v) is 12.1. The van der Waals surface area contributed by atoms with Gasteiger partial charge in [0.15, 0.2) is 0 Å². The first-order valence-corrected chi connectivity index (χ1v) is 6.89. The lowest BCUT2D eigenvalue weighted by Crippen LogP contribution is -2.46. The maximum Gasteiger partial charge on any atom is 0.326 e. The summed E-state index contributed by atoms with van der Waals surface area (Å²) in [6.07, 6.45) is 1.86. The van der Waals surface area contributed by atoms with Gasteiger partial charge in [-0.15, -0.1) is 0 Å². The molecule has 1 saturated heterocycles. The Morgan fingerprint density at radius 3 is 2.86 bits per heavy atom. The minimum atomic E-state index is -1.10. The summed E-state index contributed by atoms with van der Waals surface area (Å²) in [6.45, 7) is 2.30. The number of aliphatic hydroxyl groups excluding tert-OH is 1. The van der Waals surface area contributed by atoms with Crippen molar-refractivity contribution in [1.82, 2.24) is 20.0 Å². The van der Waals surface area contributed by atoms with E-state index in [1.807, 2.05) is 20.2 Å². The minimum absolute atomic E-state index is 0.0382. The lowest BCUT2D eigenvalue weighted by Gasteiger charge is -2.21. The Morgan fingerprint density at radius 1 is 1.52 bits per heavy atom. The van der Waals surface area contributed by atoms with Crippen LogP contribution in [0.4, 0.5) is 4.79 Å². The molecular weight excluding hydrogens is 276 g/mol. The number of amides is 2. The smallest absolute Gasteiger partial charge is 0.326 e. The van der Waals surface area contributed by atoms with Gasteiger partial charge in [-0.25, -0.2) is 9.59 Å². The van der Waals surface area contributed by atoms with E-state index in [1.54, 1.807) is 4.68 Å². The van der Waals surface area contributed by atoms with Crippen LogP contribution in [0.25, 0.3) is 0 Å². The van der Waals surface area contributed by atoms with Crippen molar-refractivity contribution in [2.45, 2.75) is 38.5 Å². The number of hydrogen-bond donors (Lipinski definition) is 3. The van der Waals surface area contributed by atoms with Crippen LogP contribution < -0.4 is 5.32 Å². The number of carbonyl (C=O) groups is 2. The van der Waals surface area contributed by atoms with Gasteiger partial charge in [-0.1, -0.05) is 6.92 Å². The summed E-state index contributed by atoms with van der Waals surface area (Å²) in [7, 11) is 1.81. The van der Waals surface area contributed by atoms with Gasteiger partial charge in [0.2, 0.25) is 0 Å². The number of aromatic nitrogens is 2. The average Bonchev–Trinajstić information content (AvgIpc) is 2.98. The van der Waals surface area contributed by atoms with Gasteiger partial charge in [0.25, 0.3) is 0 Å². The van der Waals surface area contributed by atoms with Gasteiger partial charge in [-0.05, 0) is 6.42 Å². The predicted octanol–water partition coefficient (Wildman–Crippen LogP) is -0.288. The van der Waals surface area contributed by atoms with Crippen molar-refractivity contribution in [2.75, 3.05) is 6.54 Å². The van der Waals surface area contributed by atoms with E-state index in [1.165, 1.54) is 0 Å². The van der Waals surface area contributed by atoms with Crippen LogP contribution in [0.15, 0.2) is 6.20 Å². The first-order valence-electron chi connectivity index (χ1n) is 6.89. The van der Waals surface area contributed by atoms with Crippen molar-refractivity contribution in [2.24, 2.45) is 7.05 Å². The van der Waals surface area contributed by atoms with Crippen LogP contribution in [0.5, 0.6) is 0 Å². The van der Waals surface area contributed by atoms with Gasteiger partial charge in [-0.3, -0.25) is 4.68 Å². The largest absolute Gasteiger partial charge is 0.480 e. The number of aliphatic hydroxyl groups is 1. The zero-order valence-electron chi connectivity index (χ0n) is 12.1. The number of nitrogens with one attached hydrogen (secondary N) is 1. The number of urea groups is 1. The molecule has 1 aliphatic heterocycles. The second kappa shape index (κ2) is 6.13. The third-order valence-electron chi connectivity index (χ3n) is 3.58. The maximum absolute atomic E-state index is 12.1. The predicted molar refractivity (Wildman–Crippen MR) is 73.6 cm³/mol. The normalized spacial score (nSPS) is 21.6. The molecule has 1 aromatic heterocycles. The van der Waals surface area contributed by atoms with Gasteiger partial charge in [0, 0.05) is 38.3 Å². The zero-order chi connectivity index (χ0) is 15.6. The Hall–Kier alpha value is -2.09. The van der Waals surface area contributed by atoms with E-state index >= 15 is 0 Å². The number of carbonyl (C=O) groups excluding carboxylic acids is 1. The van der Waals surface area contributed by atoms with Gasteiger partial charge in [0.1, 0.15) is 6.04 Å². The number of likely N-dealkylation sites (tertiary alicyclic amines) is 1. The quantitative estimate of drug-likeness (QED) is 0.708. The fourth-order valence-electron chi connectivity index (χ4n) is 2.57. The molecule has 0 radical (unpaired) electrons. The SMILES string of the molecule is CCc1nn(C)cc1CNC(=O)N1C[C@@H](O)C[C@H]1C(=O)O. The highest BCUT2D eigenvalue weighted by Crippen LogP contribution is 2.18. The Balaban J connectivity index is 1.99. The van der Waals surface area contributed by atoms with Crippen molar-refractivity contribution in [3.8, 4) is 0 Å². The minimum Gasteiger partial charge on any atom is -0.480 e. The lowest BCUT2D eigenvalue weighted by atomic mass is 10.2. The molecule has 21 heavy (non-hydrogen) atoms. The number of aryl methyl sites for hydroxylation is 2. The summed E-state index contributed by atoms with van der Waals surface area (Å²) in [5, 5.41) is 25.6. The number of carboxylic acids is 1. The van der Waals surface area contributed by atoms with Crippen LogP contribution in [0.3, 0.4) is 0 Å². The molecule has 0 bridgehead atoms. The van der Waals surface area contributed by atoms with Crippen molar-refractivity contribution in [1.29, 1.82) is 0 Å². The Morgan fingerprint density at radius 2 is 2.24 bits per heavy atom. The summed E-state index contributed by atoms with van der Waals surface area (Å²) < 4.78 is 1.68. The molecule has 1 aromatic rings. The third kappa shape index (κ3) is 3.33. The highest BCUT2D eigenvalue weighted by molar-refractivity contribution is 5.83. The van der Waals surface area contributed by atoms with E-state index < -0.39 is 24.1 Å². The number of β-amino-alcohol motifs (C(OH)–C–C–N with tert-alkyl or cyclic N) is 1. The van der Waals surface area contributed by atoms with Gasteiger partial charge < -0.3 is 20.4 Å². The van der Waals surface area contributed by atoms with Crippen LogP contribution in [-0.2, 0) is 24.8 Å². The summed E-state index contributed by atoms with van der Waals surface area (Å²) in [5.74, 6) is -1.10. The highest BCUT2D eigenvalue weighted by atomic mass is 16.4. The monoisotopic (exact) mass is 296 g/mol. The van der Waals surface area contributed by atoms with E-state index in [4.69, 9.17) is 5.11 Å². The molecule has 116 valence electrons. The molecule has 8 nitrogen and oxygen atoms in total. The first-order chi connectivity index (χ1) is 9.92. The van der Waals surface area contributed by atoms with E-state index in [0.29, 0.717) is 0 Å². The molecule has 8 heteroatoms. The number of rotatable bonds is 4. The summed E-state index contributed by atoms with van der Waals surface area (Å²) in [4.78, 5) is 24.4. The Bertz CT molecular complexity index is 542. The molecule has 3 N–H and O–H groups in total. The van der Waals surface area contributed by atoms with Crippen molar-refractivity contribution in [3.05, 3.63) is 17.5 Å². The van der Waals surface area contributed by atoms with Crippen molar-refractivity contribution in [3.63, 3.8) is 0 Å². The third-order valence-corrected chi connectivity index (χ3v) is 3.58. The second-order valence-electron chi connectivity index (χ2n) is 5.18. The average molecular weight is 296 g/mol. The van der Waals surface area contributed by atoms with E-state index in [9.17, 15) is 14.7 Å². The Labute approximate surface area is 122 Å². The number of carboxylic acid groups (broad SMARTS) is 1. The molecule has 0 aliphatic carbocycles. The molecule has 1 fully saturated rings. The molecular formula is C13H20N4O4. The maximum atomic E-state index is 12.1. The number of aliphatic carboxylic acids is 1. The fourth-order valence-corrected chi connectivity index (χ4v) is 2.57. The molecule has 1 aliphatic rings. The topological polar surface area (TPSA) is 108 Å². The van der Waals surface area contributed by atoms with Gasteiger partial charge in [0.05, 0.1) is 11.8 Å². The molecule has 0 aromatic carbocycles. The summed E-state index contributed by atoms with van der Waals surface area (Å²) >= 11 is 0. The van der Waals surface area contributed by atoms with E-state index in [2.05, 4.69) is 10.4 Å². The van der Waals surface area contributed by atoms with Crippen LogP contribution in [0, 0.1) is 0 Å². The van der Waals surface area contributed by atoms with Crippen LogP contribution in [0.2, 0.25) is 0 Å². The summed E-state index contributed by atoms with van der Waals surface area (Å²) in [6, 6.07) is -1.45. The van der Waals surface area contributed by atoms with Crippen molar-refractivity contribution >= 4 is 12.0 Å². The van der Waals surface area contributed by atoms with E-state index in [0.717, 1.165) is 22.6 Å². The second-order valence-corrected chi connectivity index (χ2v) is 5.18. The van der Waals surface area contributed by atoms with Crippen molar-refractivity contribution < 1.29 is 19.8 Å². The molecule has 2 amide bonds. The molecule has 0 saturated carbocycles. The van der Waals surface area contributed by atoms with Crippen LogP contribution in [0.1, 0.15) is 24.6 Å². The summed E-state index contributed by atoms with van der Waals surface area (Å²) in [5.41, 5.74) is 1.80. The van der Waals surface area contributed by atoms with Crippen LogP contribution >= 0.6 is 0 Å². The molecule has 0 unspecified atom stereocenters. The van der Waals surface area contributed by atoms with Gasteiger partial charge >= 0.3 is 12.0 Å². The highest BCUT2D eigenvalue weighted by Gasteiger charge is 2.38. The lowest BCUT2D eigenvalue weighted by molar-refractivity contribution is -0.141. The Kier molecular flexibility index (Phi) is 4.46. The standard InChI is InChI=1S/C13H20N4O4/c1-3-10-8(6-16(2)15-10)5-14-13(21)17-7-9(18)4-11(17)12(19)20/h6,9,11,18H,3-5,7H2,1-2H3,(H,14,21)(H,19,20)/t9-,11-/m0/s1.